The number of benzene rings is 1. The Balaban J connectivity index is 2.52. The first-order chi connectivity index (χ1) is 8.67. The van der Waals surface area contributed by atoms with Crippen LogP contribution in [0.5, 0.6) is 0 Å². The zero-order chi connectivity index (χ0) is 13.4. The molecular weight excluding hydrogens is 244 g/mol. The van der Waals surface area contributed by atoms with Gasteiger partial charge in [0.2, 0.25) is 0 Å². The van der Waals surface area contributed by atoms with E-state index in [4.69, 9.17) is 12.2 Å². The van der Waals surface area contributed by atoms with E-state index in [2.05, 4.69) is 29.7 Å². The maximum absolute atomic E-state index is 9.47. The van der Waals surface area contributed by atoms with Gasteiger partial charge < -0.3 is 15.7 Å². The Morgan fingerprint density at radius 3 is 2.44 bits per heavy atom. The van der Waals surface area contributed by atoms with Crippen LogP contribution in [0.25, 0.3) is 0 Å². The summed E-state index contributed by atoms with van der Waals surface area (Å²) in [5.41, 5.74) is 1.21. The summed E-state index contributed by atoms with van der Waals surface area (Å²) in [5.74, 6) is 0. The van der Waals surface area contributed by atoms with Gasteiger partial charge in [0.1, 0.15) is 0 Å². The van der Waals surface area contributed by atoms with E-state index in [9.17, 15) is 5.11 Å². The molecule has 0 aliphatic heterocycles. The van der Waals surface area contributed by atoms with Crippen LogP contribution in [0, 0.1) is 0 Å². The molecule has 18 heavy (non-hydrogen) atoms. The molecule has 0 aromatic heterocycles. The number of rotatable bonds is 7. The van der Waals surface area contributed by atoms with E-state index >= 15 is 0 Å². The fourth-order valence-corrected chi connectivity index (χ4v) is 2.08. The Hall–Kier alpha value is -0.970. The molecule has 0 saturated heterocycles. The van der Waals surface area contributed by atoms with Crippen LogP contribution in [0.4, 0.5) is 0 Å². The molecule has 1 aromatic rings. The lowest BCUT2D eigenvalue weighted by Crippen LogP contribution is -2.50. The highest BCUT2D eigenvalue weighted by Gasteiger charge is 2.18. The van der Waals surface area contributed by atoms with Crippen molar-refractivity contribution in [3.05, 3.63) is 35.9 Å². The first-order valence-corrected chi connectivity index (χ1v) is 6.73. The van der Waals surface area contributed by atoms with Crippen molar-refractivity contribution < 1.29 is 5.11 Å². The minimum Gasteiger partial charge on any atom is -0.395 e. The Bertz CT molecular complexity index is 356. The lowest BCUT2D eigenvalue weighted by Gasteiger charge is -2.27. The molecule has 0 spiro atoms. The van der Waals surface area contributed by atoms with Crippen LogP contribution in [0.3, 0.4) is 0 Å². The monoisotopic (exact) mass is 266 g/mol. The topological polar surface area (TPSA) is 44.3 Å². The van der Waals surface area contributed by atoms with E-state index in [1.54, 1.807) is 0 Å². The summed E-state index contributed by atoms with van der Waals surface area (Å²) in [5, 5.41) is 16.1. The normalized spacial score (nSPS) is 13.9. The van der Waals surface area contributed by atoms with Crippen LogP contribution < -0.4 is 10.6 Å². The van der Waals surface area contributed by atoms with Gasteiger partial charge in [-0.1, -0.05) is 49.5 Å². The maximum atomic E-state index is 9.47. The summed E-state index contributed by atoms with van der Waals surface area (Å²) >= 11 is 5.06. The van der Waals surface area contributed by atoms with E-state index in [1.807, 2.05) is 25.1 Å². The first-order valence-electron chi connectivity index (χ1n) is 6.32. The molecule has 1 rings (SSSR count). The van der Waals surface area contributed by atoms with Crippen molar-refractivity contribution >= 4 is 17.2 Å². The van der Waals surface area contributed by atoms with Crippen molar-refractivity contribution in [1.82, 2.24) is 10.6 Å². The van der Waals surface area contributed by atoms with Crippen LogP contribution in [0.15, 0.2) is 30.3 Å². The Labute approximate surface area is 115 Å². The molecule has 0 heterocycles. The van der Waals surface area contributed by atoms with Crippen LogP contribution >= 0.6 is 12.2 Å². The zero-order valence-corrected chi connectivity index (χ0v) is 11.8. The van der Waals surface area contributed by atoms with Gasteiger partial charge in [0.25, 0.3) is 0 Å². The van der Waals surface area contributed by atoms with Gasteiger partial charge in [-0.2, -0.15) is 0 Å². The maximum Gasteiger partial charge on any atom is 0.0724 e. The second-order valence-electron chi connectivity index (χ2n) is 4.37. The van der Waals surface area contributed by atoms with Crippen LogP contribution in [-0.4, -0.2) is 28.8 Å². The number of nitrogens with one attached hydrogen (secondary N) is 2. The smallest absolute Gasteiger partial charge is 0.0724 e. The third-order valence-electron chi connectivity index (χ3n) is 2.92. The lowest BCUT2D eigenvalue weighted by atomic mass is 10.1. The van der Waals surface area contributed by atoms with Crippen molar-refractivity contribution in [2.45, 2.75) is 38.9 Å². The molecular formula is C14H22N2OS. The molecule has 0 aliphatic carbocycles. The summed E-state index contributed by atoms with van der Waals surface area (Å²) < 4.78 is 0. The quantitative estimate of drug-likeness (QED) is 0.659. The minimum atomic E-state index is 0.00751. The first kappa shape index (κ1) is 15.1. The van der Waals surface area contributed by atoms with Gasteiger partial charge in [-0.3, -0.25) is 0 Å². The van der Waals surface area contributed by atoms with Gasteiger partial charge in [0.05, 0.1) is 17.6 Å². The van der Waals surface area contributed by atoms with Gasteiger partial charge in [-0.05, 0) is 18.9 Å². The fraction of sp³-hybridized carbons (Fsp3) is 0.500. The molecule has 3 nitrogen and oxygen atoms in total. The molecule has 3 N–H and O–H groups in total. The van der Waals surface area contributed by atoms with Gasteiger partial charge in [-0.15, -0.1) is 0 Å². The van der Waals surface area contributed by atoms with Crippen molar-refractivity contribution in [3.8, 4) is 0 Å². The van der Waals surface area contributed by atoms with Gasteiger partial charge in [0, 0.05) is 12.6 Å². The van der Waals surface area contributed by atoms with E-state index in [0.29, 0.717) is 0 Å². The standard InChI is InChI=1S/C14H22N2OS/c1-3-13(16-11(2)18)14(10-17)15-9-12-7-5-4-6-8-12/h4-8,13-15,17H,3,9-10H2,1-2H3,(H,16,18). The highest BCUT2D eigenvalue weighted by Crippen LogP contribution is 2.03. The number of hydrogen-bond donors (Lipinski definition) is 3. The minimum absolute atomic E-state index is 0.00751. The predicted molar refractivity (Wildman–Crippen MR) is 79.6 cm³/mol. The molecule has 4 heteroatoms. The van der Waals surface area contributed by atoms with Crippen molar-refractivity contribution in [2.75, 3.05) is 6.61 Å². The van der Waals surface area contributed by atoms with Crippen molar-refractivity contribution in [3.63, 3.8) is 0 Å². The molecule has 1 aromatic carbocycles. The summed E-state index contributed by atoms with van der Waals surface area (Å²) in [7, 11) is 0. The van der Waals surface area contributed by atoms with E-state index < -0.39 is 0 Å². The van der Waals surface area contributed by atoms with Gasteiger partial charge in [0.15, 0.2) is 0 Å². The van der Waals surface area contributed by atoms with Crippen LogP contribution in [0.2, 0.25) is 0 Å². The van der Waals surface area contributed by atoms with Crippen molar-refractivity contribution in [2.24, 2.45) is 0 Å². The highest BCUT2D eigenvalue weighted by atomic mass is 32.1. The summed E-state index contributed by atoms with van der Waals surface area (Å²) in [6.07, 6.45) is 0.918. The summed E-state index contributed by atoms with van der Waals surface area (Å²) in [6.45, 7) is 4.80. The number of hydrogen-bond acceptors (Lipinski definition) is 3. The van der Waals surface area contributed by atoms with E-state index in [1.165, 1.54) is 5.56 Å². The zero-order valence-electron chi connectivity index (χ0n) is 11.0. The number of aliphatic hydroxyl groups excluding tert-OH is 1. The Kier molecular flexibility index (Phi) is 6.86. The molecule has 0 bridgehead atoms. The Morgan fingerprint density at radius 2 is 1.94 bits per heavy atom. The van der Waals surface area contributed by atoms with Crippen LogP contribution in [0.1, 0.15) is 25.8 Å². The number of thiocarbonyl (C=S) groups is 1. The second kappa shape index (κ2) is 8.19. The van der Waals surface area contributed by atoms with E-state index in [0.717, 1.165) is 18.0 Å². The largest absolute Gasteiger partial charge is 0.395 e. The average Bonchev–Trinajstić information content (AvgIpc) is 2.38. The third-order valence-corrected chi connectivity index (χ3v) is 3.04. The molecule has 0 radical (unpaired) electrons. The Morgan fingerprint density at radius 1 is 1.28 bits per heavy atom. The molecule has 0 saturated carbocycles. The molecule has 0 aliphatic rings. The van der Waals surface area contributed by atoms with Gasteiger partial charge >= 0.3 is 0 Å². The average molecular weight is 266 g/mol. The predicted octanol–water partition coefficient (Wildman–Crippen LogP) is 1.85. The highest BCUT2D eigenvalue weighted by molar-refractivity contribution is 7.80. The number of aliphatic hydroxyl groups is 1. The molecule has 100 valence electrons. The SMILES string of the molecule is CCC(NC(C)=S)C(CO)NCc1ccccc1. The molecule has 2 atom stereocenters. The van der Waals surface area contributed by atoms with Gasteiger partial charge in [-0.25, -0.2) is 0 Å². The van der Waals surface area contributed by atoms with Crippen LogP contribution in [-0.2, 0) is 6.54 Å². The molecule has 2 unspecified atom stereocenters. The molecule has 0 amide bonds. The third kappa shape index (κ3) is 5.12. The lowest BCUT2D eigenvalue weighted by molar-refractivity contribution is 0.214. The van der Waals surface area contributed by atoms with Crippen molar-refractivity contribution in [1.29, 1.82) is 0 Å². The molecule has 0 fully saturated rings. The van der Waals surface area contributed by atoms with E-state index in [-0.39, 0.29) is 18.7 Å². The summed E-state index contributed by atoms with van der Waals surface area (Å²) in [6, 6.07) is 10.3. The second-order valence-corrected chi connectivity index (χ2v) is 4.98. The fourth-order valence-electron chi connectivity index (χ4n) is 1.93. The summed E-state index contributed by atoms with van der Waals surface area (Å²) in [4.78, 5) is 0.766.